The van der Waals surface area contributed by atoms with E-state index in [9.17, 15) is 0 Å². The van der Waals surface area contributed by atoms with Crippen molar-refractivity contribution >= 4 is 27.7 Å². The lowest BCUT2D eigenvalue weighted by Crippen LogP contribution is -1.94. The third-order valence-electron chi connectivity index (χ3n) is 2.71. The Bertz CT molecular complexity index is 517. The molecule has 1 aromatic carbocycles. The van der Waals surface area contributed by atoms with Crippen molar-refractivity contribution in [3.05, 3.63) is 34.7 Å². The van der Waals surface area contributed by atoms with Crippen molar-refractivity contribution in [1.29, 1.82) is 0 Å². The summed E-state index contributed by atoms with van der Waals surface area (Å²) in [6.07, 6.45) is 0. The van der Waals surface area contributed by atoms with Gasteiger partial charge in [-0.2, -0.15) is 0 Å². The van der Waals surface area contributed by atoms with Crippen LogP contribution in [0.2, 0.25) is 0 Å². The lowest BCUT2D eigenvalue weighted by atomic mass is 10.2. The van der Waals surface area contributed by atoms with E-state index in [1.807, 2.05) is 25.7 Å². The molecule has 1 heterocycles. The molecular weight excluding hydrogens is 296 g/mol. The zero-order valence-corrected chi connectivity index (χ0v) is 12.6. The molecule has 0 aliphatic heterocycles. The lowest BCUT2D eigenvalue weighted by molar-refractivity contribution is 0.865. The van der Waals surface area contributed by atoms with Gasteiger partial charge in [-0.25, -0.2) is 4.98 Å². The third-order valence-corrected chi connectivity index (χ3v) is 4.16. The van der Waals surface area contributed by atoms with Crippen molar-refractivity contribution < 1.29 is 0 Å². The fourth-order valence-electron chi connectivity index (χ4n) is 1.76. The molecule has 0 amide bonds. The van der Waals surface area contributed by atoms with Crippen LogP contribution < -0.4 is 0 Å². The number of imidazole rings is 1. The van der Waals surface area contributed by atoms with Crippen LogP contribution in [0.5, 0.6) is 0 Å². The van der Waals surface area contributed by atoms with E-state index in [0.717, 1.165) is 21.9 Å². The second-order valence-electron chi connectivity index (χ2n) is 3.81. The average molecular weight is 311 g/mol. The summed E-state index contributed by atoms with van der Waals surface area (Å²) in [5.74, 6) is 2.12. The smallest absolute Gasteiger partial charge is 0.132 e. The first-order valence-corrected chi connectivity index (χ1v) is 7.33. The molecule has 1 aromatic heterocycles. The molecule has 0 unspecified atom stereocenters. The molecule has 0 aliphatic carbocycles. The average Bonchev–Trinajstić information content (AvgIpc) is 2.55. The number of halogens is 1. The van der Waals surface area contributed by atoms with Crippen LogP contribution in [0.4, 0.5) is 0 Å². The molecule has 2 rings (SSSR count). The van der Waals surface area contributed by atoms with Crippen LogP contribution in [0.15, 0.2) is 33.8 Å². The predicted octanol–water partition coefficient (Wildman–Crippen LogP) is 4.27. The van der Waals surface area contributed by atoms with Crippen molar-refractivity contribution in [2.24, 2.45) is 7.05 Å². The first kappa shape index (κ1) is 12.7. The summed E-state index contributed by atoms with van der Waals surface area (Å²) in [7, 11) is 2.04. The van der Waals surface area contributed by atoms with Gasteiger partial charge in [-0.15, -0.1) is 11.8 Å². The molecule has 0 saturated carbocycles. The fourth-order valence-corrected chi connectivity index (χ4v) is 3.17. The number of benzene rings is 1. The second-order valence-corrected chi connectivity index (χ2v) is 5.90. The van der Waals surface area contributed by atoms with E-state index in [2.05, 4.69) is 56.7 Å². The number of hydrogen-bond acceptors (Lipinski definition) is 2. The quantitative estimate of drug-likeness (QED) is 0.788. The summed E-state index contributed by atoms with van der Waals surface area (Å²) in [6, 6.07) is 8.63. The predicted molar refractivity (Wildman–Crippen MR) is 77.5 cm³/mol. The van der Waals surface area contributed by atoms with E-state index < -0.39 is 0 Å². The maximum absolute atomic E-state index is 4.42. The normalized spacial score (nSPS) is 10.8. The van der Waals surface area contributed by atoms with Crippen LogP contribution in [0.25, 0.3) is 11.3 Å². The summed E-state index contributed by atoms with van der Waals surface area (Å²) >= 11 is 5.38. The Hall–Kier alpha value is -0.740. The zero-order valence-electron chi connectivity index (χ0n) is 10.2. The van der Waals surface area contributed by atoms with E-state index in [1.54, 1.807) is 0 Å². The minimum Gasteiger partial charge on any atom is -0.330 e. The van der Waals surface area contributed by atoms with Crippen molar-refractivity contribution in [1.82, 2.24) is 9.55 Å². The maximum Gasteiger partial charge on any atom is 0.132 e. The highest BCUT2D eigenvalue weighted by Gasteiger charge is 2.11. The molecule has 90 valence electrons. The van der Waals surface area contributed by atoms with Crippen LogP contribution in [0, 0.1) is 6.92 Å². The zero-order chi connectivity index (χ0) is 12.4. The van der Waals surface area contributed by atoms with Gasteiger partial charge in [-0.1, -0.05) is 19.1 Å². The highest BCUT2D eigenvalue weighted by Crippen LogP contribution is 2.29. The van der Waals surface area contributed by atoms with Crippen LogP contribution in [-0.2, 0) is 7.05 Å². The molecule has 0 bridgehead atoms. The van der Waals surface area contributed by atoms with Crippen molar-refractivity contribution in [3.63, 3.8) is 0 Å². The highest BCUT2D eigenvalue weighted by atomic mass is 79.9. The monoisotopic (exact) mass is 310 g/mol. The highest BCUT2D eigenvalue weighted by molar-refractivity contribution is 9.10. The first-order chi connectivity index (χ1) is 8.13. The second kappa shape index (κ2) is 5.27. The molecule has 0 fully saturated rings. The maximum atomic E-state index is 4.42. The molecular formula is C13H15BrN2S. The Morgan fingerprint density at radius 3 is 2.41 bits per heavy atom. The summed E-state index contributed by atoms with van der Waals surface area (Å²) in [6.45, 7) is 4.18. The van der Waals surface area contributed by atoms with Gasteiger partial charge in [0.25, 0.3) is 0 Å². The molecule has 17 heavy (non-hydrogen) atoms. The molecule has 0 N–H and O–H groups in total. The Balaban J connectivity index is 2.39. The van der Waals surface area contributed by atoms with Gasteiger partial charge in [0.05, 0.1) is 5.69 Å². The molecule has 0 atom stereocenters. The van der Waals surface area contributed by atoms with Gasteiger partial charge in [0, 0.05) is 17.5 Å². The summed E-state index contributed by atoms with van der Waals surface area (Å²) in [5.41, 5.74) is 2.33. The Morgan fingerprint density at radius 1 is 1.29 bits per heavy atom. The van der Waals surface area contributed by atoms with Crippen LogP contribution >= 0.6 is 27.7 Å². The molecule has 0 saturated heterocycles. The van der Waals surface area contributed by atoms with Crippen molar-refractivity contribution in [2.75, 3.05) is 5.75 Å². The van der Waals surface area contributed by atoms with Gasteiger partial charge in [0.15, 0.2) is 0 Å². The first-order valence-electron chi connectivity index (χ1n) is 5.55. The Labute approximate surface area is 115 Å². The molecule has 2 aromatic rings. The summed E-state index contributed by atoms with van der Waals surface area (Å²) in [4.78, 5) is 5.73. The Morgan fingerprint density at radius 2 is 1.94 bits per heavy atom. The van der Waals surface area contributed by atoms with E-state index >= 15 is 0 Å². The standard InChI is InChI=1S/C13H15BrN2S/c1-4-17-11-7-5-10(6-8-11)12-13(14)15-9(2)16(12)3/h5-8H,4H2,1-3H3. The molecule has 0 spiro atoms. The summed E-state index contributed by atoms with van der Waals surface area (Å²) < 4.78 is 3.01. The van der Waals surface area contributed by atoms with E-state index in [1.165, 1.54) is 10.5 Å². The molecule has 4 heteroatoms. The van der Waals surface area contributed by atoms with E-state index in [4.69, 9.17) is 0 Å². The summed E-state index contributed by atoms with van der Waals surface area (Å²) in [5, 5.41) is 0. The lowest BCUT2D eigenvalue weighted by Gasteiger charge is -2.05. The van der Waals surface area contributed by atoms with Crippen molar-refractivity contribution in [2.45, 2.75) is 18.7 Å². The fraction of sp³-hybridized carbons (Fsp3) is 0.308. The number of nitrogens with zero attached hydrogens (tertiary/aromatic N) is 2. The van der Waals surface area contributed by atoms with E-state index in [-0.39, 0.29) is 0 Å². The minimum atomic E-state index is 0.911. The third kappa shape index (κ3) is 2.58. The molecule has 0 aliphatic rings. The number of hydrogen-bond donors (Lipinski definition) is 0. The van der Waals surface area contributed by atoms with Gasteiger partial charge in [-0.05, 0) is 40.7 Å². The SMILES string of the molecule is CCSc1ccc(-c2c(Br)nc(C)n2C)cc1. The van der Waals surface area contributed by atoms with Gasteiger partial charge in [-0.3, -0.25) is 0 Å². The van der Waals surface area contributed by atoms with E-state index in [0.29, 0.717) is 0 Å². The Kier molecular flexibility index (Phi) is 3.94. The van der Waals surface area contributed by atoms with Gasteiger partial charge in [0.2, 0.25) is 0 Å². The largest absolute Gasteiger partial charge is 0.330 e. The van der Waals surface area contributed by atoms with Gasteiger partial charge >= 0.3 is 0 Å². The topological polar surface area (TPSA) is 17.8 Å². The molecule has 0 radical (unpaired) electrons. The molecule has 2 nitrogen and oxygen atoms in total. The number of aryl methyl sites for hydroxylation is 1. The number of rotatable bonds is 3. The van der Waals surface area contributed by atoms with Crippen LogP contribution in [-0.4, -0.2) is 15.3 Å². The van der Waals surface area contributed by atoms with Gasteiger partial charge < -0.3 is 4.57 Å². The number of thioether (sulfide) groups is 1. The van der Waals surface area contributed by atoms with Gasteiger partial charge in [0.1, 0.15) is 10.4 Å². The van der Waals surface area contributed by atoms with Crippen LogP contribution in [0.3, 0.4) is 0 Å². The minimum absolute atomic E-state index is 0.911. The van der Waals surface area contributed by atoms with Crippen molar-refractivity contribution in [3.8, 4) is 11.3 Å². The number of aromatic nitrogens is 2. The van der Waals surface area contributed by atoms with Crippen LogP contribution in [0.1, 0.15) is 12.7 Å².